The summed E-state index contributed by atoms with van der Waals surface area (Å²) in [7, 11) is 0. The van der Waals surface area contributed by atoms with E-state index in [0.29, 0.717) is 28.8 Å². The first kappa shape index (κ1) is 27.1. The summed E-state index contributed by atoms with van der Waals surface area (Å²) in [5, 5.41) is 21.4. The van der Waals surface area contributed by atoms with Gasteiger partial charge in [-0.3, -0.25) is 5.32 Å². The fourth-order valence-electron chi connectivity index (χ4n) is 5.46. The number of halogens is 4. The summed E-state index contributed by atoms with van der Waals surface area (Å²) in [6.07, 6.45) is 0.482. The molecule has 1 fully saturated rings. The molecule has 204 valence electrons. The standard InChI is InChI=1S/C30H30F4N4O/c31-23-9-11-24(12-10-23)36-27-13-8-22(18-21(27)19-35)29(39,30(32,33)34)26-20-38(28-7-2-1-6-25(26)28)17-5-16-37-14-3-4-15-37/h1-2,6-13,18-20,35-36,39H,3-5,14-17H2/p+1. The maximum atomic E-state index is 14.8. The van der Waals surface area contributed by atoms with Gasteiger partial charge in [0.1, 0.15) is 17.2 Å². The first-order valence-electron chi connectivity index (χ1n) is 13.1. The van der Waals surface area contributed by atoms with Gasteiger partial charge in [-0.25, -0.2) is 4.39 Å². The molecule has 5 nitrogen and oxygen atoms in total. The number of para-hydroxylation sites is 1. The summed E-state index contributed by atoms with van der Waals surface area (Å²) in [6.45, 7) is 3.51. The number of nitrogens with two attached hydrogens (primary N) is 1. The van der Waals surface area contributed by atoms with Gasteiger partial charge in [0.15, 0.2) is 0 Å². The van der Waals surface area contributed by atoms with E-state index in [9.17, 15) is 22.7 Å². The van der Waals surface area contributed by atoms with Crippen LogP contribution >= 0.6 is 0 Å². The maximum absolute atomic E-state index is 14.8. The van der Waals surface area contributed by atoms with Crippen molar-refractivity contribution in [2.45, 2.75) is 37.6 Å². The SMILES string of the molecule is N=Cc1cc(C(O)(c2cn(CCCN3CCCC3)c3ccccc23)C(F)(F)F)ccc1[NH2+]c1ccc(F)cc1. The topological polar surface area (TPSA) is 68.9 Å². The van der Waals surface area contributed by atoms with Crippen LogP contribution in [0.5, 0.6) is 0 Å². The number of rotatable bonds is 9. The number of hydrogen-bond donors (Lipinski definition) is 3. The smallest absolute Gasteiger partial charge is 0.372 e. The van der Waals surface area contributed by atoms with Crippen LogP contribution in [-0.2, 0) is 12.1 Å². The first-order chi connectivity index (χ1) is 18.7. The predicted octanol–water partition coefficient (Wildman–Crippen LogP) is 5.59. The number of hydrogen-bond acceptors (Lipinski definition) is 3. The molecule has 0 bridgehead atoms. The Kier molecular flexibility index (Phi) is 7.57. The summed E-state index contributed by atoms with van der Waals surface area (Å²) in [4.78, 5) is 2.36. The molecule has 3 aromatic carbocycles. The van der Waals surface area contributed by atoms with Crippen LogP contribution in [0.15, 0.2) is 72.9 Å². The number of nitrogens with one attached hydrogen (secondary N) is 1. The molecule has 2 heterocycles. The minimum atomic E-state index is -5.03. The summed E-state index contributed by atoms with van der Waals surface area (Å²) < 4.78 is 59.6. The molecule has 1 saturated heterocycles. The minimum absolute atomic E-state index is 0.203. The molecule has 0 radical (unpaired) electrons. The molecule has 1 aliphatic rings. The van der Waals surface area contributed by atoms with Gasteiger partial charge in [-0.1, -0.05) is 18.2 Å². The van der Waals surface area contributed by atoms with Crippen molar-refractivity contribution in [2.24, 2.45) is 0 Å². The molecule has 1 aliphatic heterocycles. The molecule has 0 aliphatic carbocycles. The summed E-state index contributed by atoms with van der Waals surface area (Å²) in [6, 6.07) is 16.4. The van der Waals surface area contributed by atoms with Crippen molar-refractivity contribution in [3.63, 3.8) is 0 Å². The van der Waals surface area contributed by atoms with Crippen LogP contribution in [0, 0.1) is 11.2 Å². The second kappa shape index (κ2) is 10.9. The molecule has 39 heavy (non-hydrogen) atoms. The average Bonchev–Trinajstić information content (AvgIpc) is 3.58. The van der Waals surface area contributed by atoms with Crippen molar-refractivity contribution in [3.05, 3.63) is 95.4 Å². The van der Waals surface area contributed by atoms with Crippen LogP contribution in [-0.4, -0.2) is 46.6 Å². The number of likely N-dealkylation sites (tertiary alicyclic amines) is 1. The van der Waals surface area contributed by atoms with Crippen LogP contribution in [0.1, 0.15) is 36.0 Å². The monoisotopic (exact) mass is 539 g/mol. The van der Waals surface area contributed by atoms with E-state index in [2.05, 4.69) is 4.90 Å². The Morgan fingerprint density at radius 1 is 0.949 bits per heavy atom. The maximum Gasteiger partial charge on any atom is 0.425 e. The zero-order valence-electron chi connectivity index (χ0n) is 21.4. The van der Waals surface area contributed by atoms with Gasteiger partial charge in [0.25, 0.3) is 0 Å². The second-order valence-corrected chi connectivity index (χ2v) is 10.0. The van der Waals surface area contributed by atoms with Gasteiger partial charge in [-0.15, -0.1) is 0 Å². The molecule has 9 heteroatoms. The van der Waals surface area contributed by atoms with Gasteiger partial charge in [-0.2, -0.15) is 13.2 Å². The quantitative estimate of drug-likeness (QED) is 0.148. The number of alkyl halides is 3. The molecule has 1 unspecified atom stereocenters. The lowest BCUT2D eigenvalue weighted by Crippen LogP contribution is -2.71. The van der Waals surface area contributed by atoms with E-state index in [4.69, 9.17) is 5.41 Å². The Bertz CT molecular complexity index is 1460. The number of aliphatic hydroxyl groups is 1. The van der Waals surface area contributed by atoms with Crippen molar-refractivity contribution in [3.8, 4) is 0 Å². The number of fused-ring (bicyclic) bond motifs is 1. The molecule has 5 rings (SSSR count). The highest BCUT2D eigenvalue weighted by Crippen LogP contribution is 2.47. The largest absolute Gasteiger partial charge is 0.425 e. The van der Waals surface area contributed by atoms with Crippen LogP contribution in [0.3, 0.4) is 0 Å². The number of benzene rings is 3. The Morgan fingerprint density at radius 2 is 1.67 bits per heavy atom. The van der Waals surface area contributed by atoms with E-state index in [1.165, 1.54) is 49.4 Å². The van der Waals surface area contributed by atoms with Crippen molar-refractivity contribution in [1.82, 2.24) is 9.47 Å². The highest BCUT2D eigenvalue weighted by Gasteiger charge is 2.57. The van der Waals surface area contributed by atoms with Gasteiger partial charge in [-0.05, 0) is 74.8 Å². The van der Waals surface area contributed by atoms with Gasteiger partial charge >= 0.3 is 6.18 Å². The summed E-state index contributed by atoms with van der Waals surface area (Å²) >= 11 is 0. The Labute approximate surface area is 224 Å². The van der Waals surface area contributed by atoms with Gasteiger partial charge in [0.2, 0.25) is 5.60 Å². The zero-order valence-corrected chi connectivity index (χ0v) is 21.4. The third-order valence-corrected chi connectivity index (χ3v) is 7.51. The third kappa shape index (κ3) is 5.34. The number of aromatic nitrogens is 1. The lowest BCUT2D eigenvalue weighted by Gasteiger charge is -2.31. The van der Waals surface area contributed by atoms with E-state index in [1.54, 1.807) is 46.3 Å². The summed E-state index contributed by atoms with van der Waals surface area (Å²) in [5.41, 5.74) is -1.95. The van der Waals surface area contributed by atoms with E-state index >= 15 is 0 Å². The van der Waals surface area contributed by atoms with Gasteiger partial charge < -0.3 is 20.0 Å². The Hall–Kier alpha value is -3.53. The van der Waals surface area contributed by atoms with Crippen LogP contribution in [0.2, 0.25) is 0 Å². The fourth-order valence-corrected chi connectivity index (χ4v) is 5.46. The molecule has 4 N–H and O–H groups in total. The normalized spacial score (nSPS) is 16.0. The Balaban J connectivity index is 1.53. The lowest BCUT2D eigenvalue weighted by atomic mass is 9.84. The molecule has 4 aromatic rings. The molecule has 0 amide bonds. The van der Waals surface area contributed by atoms with Crippen molar-refractivity contribution >= 4 is 28.5 Å². The first-order valence-corrected chi connectivity index (χ1v) is 13.1. The number of quaternary nitrogens is 1. The van der Waals surface area contributed by atoms with Crippen molar-refractivity contribution < 1.29 is 28.0 Å². The van der Waals surface area contributed by atoms with E-state index in [-0.39, 0.29) is 16.7 Å². The van der Waals surface area contributed by atoms with Crippen molar-refractivity contribution in [2.75, 3.05) is 19.6 Å². The highest BCUT2D eigenvalue weighted by molar-refractivity contribution is 5.87. The molecular weight excluding hydrogens is 508 g/mol. The Morgan fingerprint density at radius 3 is 2.36 bits per heavy atom. The van der Waals surface area contributed by atoms with E-state index in [1.807, 2.05) is 0 Å². The molecular formula is C30H31F4N4O+. The van der Waals surface area contributed by atoms with Crippen LogP contribution in [0.25, 0.3) is 10.9 Å². The van der Waals surface area contributed by atoms with E-state index < -0.39 is 17.6 Å². The minimum Gasteiger partial charge on any atom is -0.372 e. The molecule has 1 atom stereocenters. The predicted molar refractivity (Wildman–Crippen MR) is 143 cm³/mol. The van der Waals surface area contributed by atoms with Crippen LogP contribution in [0.4, 0.5) is 28.9 Å². The molecule has 0 saturated carbocycles. The number of nitrogens with zero attached hydrogens (tertiary/aromatic N) is 2. The third-order valence-electron chi connectivity index (χ3n) is 7.51. The summed E-state index contributed by atoms with van der Waals surface area (Å²) in [5.74, 6) is -0.403. The van der Waals surface area contributed by atoms with Gasteiger partial charge in [0, 0.05) is 53.6 Å². The molecule has 1 aromatic heterocycles. The average molecular weight is 540 g/mol. The molecule has 0 spiro atoms. The lowest BCUT2D eigenvalue weighted by molar-refractivity contribution is -0.478. The van der Waals surface area contributed by atoms with E-state index in [0.717, 1.165) is 32.3 Å². The fraction of sp³-hybridized carbons (Fsp3) is 0.300. The van der Waals surface area contributed by atoms with Crippen LogP contribution < -0.4 is 5.32 Å². The van der Waals surface area contributed by atoms with Gasteiger partial charge in [0.05, 0.1) is 5.56 Å². The second-order valence-electron chi connectivity index (χ2n) is 10.0. The highest BCUT2D eigenvalue weighted by atomic mass is 19.4. The number of aryl methyl sites for hydroxylation is 1. The zero-order chi connectivity index (χ0) is 27.6. The van der Waals surface area contributed by atoms with Crippen molar-refractivity contribution in [1.29, 1.82) is 5.41 Å².